The van der Waals surface area contributed by atoms with Gasteiger partial charge in [0.2, 0.25) is 0 Å². The van der Waals surface area contributed by atoms with Crippen molar-refractivity contribution >= 4 is 32.7 Å². The Hall–Kier alpha value is -4.89. The first-order valence-electron chi connectivity index (χ1n) is 17.6. The molecule has 9 rings (SSSR count). The minimum atomic E-state index is -0.479. The smallest absolute Gasteiger partial charge is 0.128 e. The second kappa shape index (κ2) is 14.5. The second-order valence-electron chi connectivity index (χ2n) is 13.6. The first kappa shape index (κ1) is 32.3. The zero-order valence-electron chi connectivity index (χ0n) is 29.2. The number of furan rings is 1. The van der Waals surface area contributed by atoms with Crippen molar-refractivity contribution in [3.63, 3.8) is 0 Å². The third-order valence-corrected chi connectivity index (χ3v) is 9.82. The Morgan fingerprint density at radius 1 is 0.660 bits per heavy atom. The maximum Gasteiger partial charge on any atom is 0.128 e. The van der Waals surface area contributed by atoms with E-state index in [-0.39, 0.29) is 20.1 Å². The molecule has 249 valence electrons. The Balaban J connectivity index is 0.000000265. The van der Waals surface area contributed by atoms with Crippen molar-refractivity contribution in [2.75, 3.05) is 0 Å². The van der Waals surface area contributed by atoms with Crippen LogP contribution in [-0.4, -0.2) is 9.97 Å². The summed E-state index contributed by atoms with van der Waals surface area (Å²) in [6.45, 7) is 4.64. The van der Waals surface area contributed by atoms with E-state index in [9.17, 15) is 0 Å². The van der Waals surface area contributed by atoms with Crippen molar-refractivity contribution in [1.82, 2.24) is 9.97 Å². The molecule has 5 aromatic carbocycles. The summed E-state index contributed by atoms with van der Waals surface area (Å²) in [7, 11) is 0. The third-order valence-electron chi connectivity index (χ3n) is 9.82. The van der Waals surface area contributed by atoms with E-state index in [4.69, 9.17) is 10.8 Å². The third kappa shape index (κ3) is 6.92. The van der Waals surface area contributed by atoms with Gasteiger partial charge in [-0.05, 0) is 82.6 Å². The SMILES string of the molecule is [2H]C1(c2ccc(-c3ccnc(-c4[c-]ccc5c4oc4c6ccccc6ccc54)c3)cc2)CCC(C)(C)CC1.[Ir].[c-]1ccccc1-c1ccccn1. The topological polar surface area (TPSA) is 38.9 Å². The van der Waals surface area contributed by atoms with Gasteiger partial charge >= 0.3 is 0 Å². The Bertz CT molecular complexity index is 2370. The van der Waals surface area contributed by atoms with Crippen LogP contribution >= 0.6 is 0 Å². The fraction of sp³-hybridized carbons (Fsp3) is 0.174. The molecule has 1 radical (unpaired) electrons. The van der Waals surface area contributed by atoms with Gasteiger partial charge in [-0.2, -0.15) is 0 Å². The molecule has 1 saturated carbocycles. The summed E-state index contributed by atoms with van der Waals surface area (Å²) in [6.07, 6.45) is 7.70. The molecule has 3 heterocycles. The Morgan fingerprint density at radius 2 is 1.42 bits per heavy atom. The molecule has 0 amide bonds. The van der Waals surface area contributed by atoms with Crippen molar-refractivity contribution in [2.24, 2.45) is 5.41 Å². The van der Waals surface area contributed by atoms with Crippen LogP contribution in [0.5, 0.6) is 0 Å². The van der Waals surface area contributed by atoms with Crippen LogP contribution in [0.25, 0.3) is 66.4 Å². The largest absolute Gasteiger partial charge is 0.500 e. The molecule has 3 nitrogen and oxygen atoms in total. The molecule has 4 heteroatoms. The van der Waals surface area contributed by atoms with Gasteiger partial charge in [0.1, 0.15) is 5.58 Å². The van der Waals surface area contributed by atoms with Crippen LogP contribution in [0.15, 0.2) is 144 Å². The number of pyridine rings is 2. The normalized spacial score (nSPS) is 15.1. The average molecular weight is 828 g/mol. The van der Waals surface area contributed by atoms with Gasteiger partial charge in [0.25, 0.3) is 0 Å². The molecular formula is C46H38IrN2O-2. The van der Waals surface area contributed by atoms with Gasteiger partial charge in [-0.25, -0.2) is 0 Å². The minimum absolute atomic E-state index is 0. The van der Waals surface area contributed by atoms with E-state index in [1.807, 2.05) is 60.8 Å². The monoisotopic (exact) mass is 828 g/mol. The zero-order valence-corrected chi connectivity index (χ0v) is 30.6. The molecule has 8 aromatic rings. The van der Waals surface area contributed by atoms with Crippen molar-refractivity contribution in [3.05, 3.63) is 157 Å². The van der Waals surface area contributed by atoms with E-state index in [0.717, 1.165) is 92.2 Å². The maximum absolute atomic E-state index is 9.11. The number of nitrogens with zero attached hydrogens (tertiary/aromatic N) is 2. The maximum atomic E-state index is 9.11. The molecule has 1 fully saturated rings. The van der Waals surface area contributed by atoms with Crippen molar-refractivity contribution in [3.8, 4) is 33.6 Å². The quantitative estimate of drug-likeness (QED) is 0.166. The molecule has 1 aliphatic rings. The molecule has 1 aliphatic carbocycles. The fourth-order valence-corrected chi connectivity index (χ4v) is 6.90. The van der Waals surface area contributed by atoms with Crippen LogP contribution in [0.4, 0.5) is 0 Å². The van der Waals surface area contributed by atoms with Crippen LogP contribution in [0.3, 0.4) is 0 Å². The van der Waals surface area contributed by atoms with Gasteiger partial charge in [-0.3, -0.25) is 0 Å². The van der Waals surface area contributed by atoms with Gasteiger partial charge in [0.05, 0.1) is 5.58 Å². The van der Waals surface area contributed by atoms with E-state index in [0.29, 0.717) is 5.41 Å². The Kier molecular flexibility index (Phi) is 9.39. The summed E-state index contributed by atoms with van der Waals surface area (Å²) in [6, 6.07) is 49.7. The summed E-state index contributed by atoms with van der Waals surface area (Å²) >= 11 is 0. The van der Waals surface area contributed by atoms with E-state index < -0.39 is 5.89 Å². The predicted molar refractivity (Wildman–Crippen MR) is 202 cm³/mol. The first-order valence-corrected chi connectivity index (χ1v) is 17.1. The summed E-state index contributed by atoms with van der Waals surface area (Å²) < 4.78 is 15.6. The summed E-state index contributed by atoms with van der Waals surface area (Å²) in [5.74, 6) is -0.479. The number of aromatic nitrogens is 2. The number of hydrogen-bond donors (Lipinski definition) is 0. The van der Waals surface area contributed by atoms with Crippen LogP contribution in [0, 0.1) is 17.5 Å². The van der Waals surface area contributed by atoms with Crippen molar-refractivity contribution in [1.29, 1.82) is 0 Å². The molecule has 50 heavy (non-hydrogen) atoms. The zero-order chi connectivity index (χ0) is 34.1. The van der Waals surface area contributed by atoms with Crippen LogP contribution in [-0.2, 0) is 20.1 Å². The molecule has 0 saturated heterocycles. The minimum Gasteiger partial charge on any atom is -0.500 e. The van der Waals surface area contributed by atoms with Crippen LogP contribution in [0.2, 0.25) is 0 Å². The number of rotatable bonds is 4. The predicted octanol–water partition coefficient (Wildman–Crippen LogP) is 12.5. The fourth-order valence-electron chi connectivity index (χ4n) is 6.90. The molecule has 0 atom stereocenters. The first-order chi connectivity index (χ1) is 24.4. The standard InChI is InChI=1S/C35H30NO.C11H8N.Ir/c1-35(2)19-16-25(17-20-35)23-10-12-24(13-11-23)27-18-21-36-32(22-27)31-9-5-8-29-30-15-14-26-6-3-4-7-28(26)33(30)37-34(29)31;1-2-6-10(7-3-1)11-8-4-5-9-12-11;/h3-8,10-15,18,21-22,25H,16-17,19-20H2,1-2H3;1-6,8-9H;/q2*-1;/i25D;;. The van der Waals surface area contributed by atoms with Gasteiger partial charge in [0, 0.05) is 44.6 Å². The molecule has 0 unspecified atom stereocenters. The summed E-state index contributed by atoms with van der Waals surface area (Å²) in [5, 5.41) is 4.46. The number of benzene rings is 5. The molecule has 0 spiro atoms. The van der Waals surface area contributed by atoms with Crippen LogP contribution in [0.1, 0.15) is 52.4 Å². The summed E-state index contributed by atoms with van der Waals surface area (Å²) in [4.78, 5) is 8.93. The van der Waals surface area contributed by atoms with Gasteiger partial charge in [0.15, 0.2) is 0 Å². The van der Waals surface area contributed by atoms with E-state index in [1.54, 1.807) is 6.20 Å². The Morgan fingerprint density at radius 3 is 2.20 bits per heavy atom. The molecular weight excluding hydrogens is 789 g/mol. The molecule has 0 N–H and O–H groups in total. The molecule has 0 bridgehead atoms. The molecule has 0 aliphatic heterocycles. The number of fused-ring (bicyclic) bond motifs is 5. The van der Waals surface area contributed by atoms with Crippen molar-refractivity contribution < 1.29 is 25.9 Å². The second-order valence-corrected chi connectivity index (χ2v) is 13.6. The van der Waals surface area contributed by atoms with E-state index >= 15 is 0 Å². The van der Waals surface area contributed by atoms with Crippen LogP contribution < -0.4 is 0 Å². The van der Waals surface area contributed by atoms with Gasteiger partial charge in [-0.15, -0.1) is 54.1 Å². The summed E-state index contributed by atoms with van der Waals surface area (Å²) in [5.41, 5.74) is 9.14. The molecule has 3 aromatic heterocycles. The Labute approximate surface area is 309 Å². The van der Waals surface area contributed by atoms with Gasteiger partial charge in [-0.1, -0.05) is 104 Å². The number of hydrogen-bond acceptors (Lipinski definition) is 3. The van der Waals surface area contributed by atoms with Gasteiger partial charge < -0.3 is 14.4 Å². The van der Waals surface area contributed by atoms with Crippen molar-refractivity contribution in [2.45, 2.75) is 45.4 Å². The average Bonchev–Trinajstić information content (AvgIpc) is 3.57. The van der Waals surface area contributed by atoms with E-state index in [1.165, 1.54) is 5.39 Å². The van der Waals surface area contributed by atoms with E-state index in [2.05, 4.69) is 104 Å².